The third kappa shape index (κ3) is 5.37. The topological polar surface area (TPSA) is 133 Å². The van der Waals surface area contributed by atoms with Gasteiger partial charge in [-0.1, -0.05) is 6.07 Å². The Bertz CT molecular complexity index is 1790. The molecule has 5 aromatic rings. The van der Waals surface area contributed by atoms with Gasteiger partial charge < -0.3 is 10.5 Å². The lowest BCUT2D eigenvalue weighted by molar-refractivity contribution is 0.415. The third-order valence-corrected chi connectivity index (χ3v) is 7.90. The van der Waals surface area contributed by atoms with Crippen LogP contribution in [0.3, 0.4) is 0 Å². The van der Waals surface area contributed by atoms with E-state index in [0.29, 0.717) is 32.4 Å². The maximum atomic E-state index is 14.3. The Morgan fingerprint density at radius 2 is 1.74 bits per heavy atom. The molecule has 198 valence electrons. The summed E-state index contributed by atoms with van der Waals surface area (Å²) in [6, 6.07) is 9.94. The monoisotopic (exact) mass is 570 g/mol. The van der Waals surface area contributed by atoms with E-state index in [1.165, 1.54) is 49.0 Å². The van der Waals surface area contributed by atoms with Gasteiger partial charge in [-0.05, 0) is 36.4 Å². The minimum Gasteiger partial charge on any atom is -0.497 e. The first kappa shape index (κ1) is 26.1. The first-order valence-corrected chi connectivity index (χ1v) is 13.3. The number of nitrogens with two attached hydrogens (primary N) is 1. The number of hydrogen-bond donors (Lipinski definition) is 2. The predicted molar refractivity (Wildman–Crippen MR) is 140 cm³/mol. The van der Waals surface area contributed by atoms with Crippen LogP contribution in [-0.4, -0.2) is 35.5 Å². The van der Waals surface area contributed by atoms with E-state index in [2.05, 4.69) is 24.7 Å². The van der Waals surface area contributed by atoms with Crippen molar-refractivity contribution in [2.75, 3.05) is 17.6 Å². The van der Waals surface area contributed by atoms with Gasteiger partial charge >= 0.3 is 0 Å². The average molecular weight is 571 g/mol. The normalized spacial score (nSPS) is 11.4. The van der Waals surface area contributed by atoms with E-state index >= 15 is 0 Å². The summed E-state index contributed by atoms with van der Waals surface area (Å²) >= 11 is 1.17. The number of rotatable bonds is 7. The number of nitrogens with zero attached hydrogens (tertiary/aromatic N) is 4. The number of nitrogen functional groups attached to an aromatic ring is 1. The van der Waals surface area contributed by atoms with Crippen molar-refractivity contribution in [2.24, 2.45) is 0 Å². The number of nitrogens with one attached hydrogen (secondary N) is 1. The number of pyridine rings is 1. The van der Waals surface area contributed by atoms with Crippen LogP contribution in [0.4, 0.5) is 24.8 Å². The van der Waals surface area contributed by atoms with Crippen LogP contribution in [0.5, 0.6) is 5.75 Å². The van der Waals surface area contributed by atoms with E-state index in [4.69, 9.17) is 10.5 Å². The Morgan fingerprint density at radius 1 is 0.974 bits per heavy atom. The van der Waals surface area contributed by atoms with Crippen molar-refractivity contribution in [3.63, 3.8) is 0 Å². The van der Waals surface area contributed by atoms with Gasteiger partial charge in [0, 0.05) is 29.6 Å². The summed E-state index contributed by atoms with van der Waals surface area (Å²) in [5, 5.41) is 0.391. The lowest BCUT2D eigenvalue weighted by Gasteiger charge is -2.13. The minimum absolute atomic E-state index is 0.00632. The molecule has 0 fully saturated rings. The Morgan fingerprint density at radius 3 is 2.44 bits per heavy atom. The van der Waals surface area contributed by atoms with Crippen molar-refractivity contribution < 1.29 is 26.3 Å². The first-order chi connectivity index (χ1) is 18.6. The van der Waals surface area contributed by atoms with E-state index in [0.717, 1.165) is 24.4 Å². The van der Waals surface area contributed by atoms with Crippen LogP contribution in [0.2, 0.25) is 0 Å². The summed E-state index contributed by atoms with van der Waals surface area (Å²) in [4.78, 5) is 16.1. The molecule has 3 N–H and O–H groups in total. The minimum atomic E-state index is -4.67. The molecule has 0 spiro atoms. The zero-order valence-electron chi connectivity index (χ0n) is 19.9. The second-order valence-electron chi connectivity index (χ2n) is 8.00. The molecular weight excluding hydrogens is 553 g/mol. The molecular formula is C25H17F3N6O3S2. The number of aromatic nitrogens is 4. The van der Waals surface area contributed by atoms with Crippen LogP contribution < -0.4 is 15.2 Å². The Hall–Kier alpha value is -4.56. The molecule has 39 heavy (non-hydrogen) atoms. The van der Waals surface area contributed by atoms with Crippen molar-refractivity contribution >= 4 is 33.0 Å². The fourth-order valence-corrected chi connectivity index (χ4v) is 5.92. The van der Waals surface area contributed by atoms with Gasteiger partial charge in [-0.3, -0.25) is 9.71 Å². The number of thiazole rings is 1. The summed E-state index contributed by atoms with van der Waals surface area (Å²) in [6.45, 7) is 0. The van der Waals surface area contributed by atoms with E-state index in [1.807, 2.05) is 0 Å². The summed E-state index contributed by atoms with van der Waals surface area (Å²) in [7, 11) is -3.30. The summed E-state index contributed by atoms with van der Waals surface area (Å²) in [5.74, 6) is -2.83. The molecule has 0 aliphatic heterocycles. The average Bonchev–Trinajstić information content (AvgIpc) is 3.34. The third-order valence-electron chi connectivity index (χ3n) is 5.34. The van der Waals surface area contributed by atoms with Crippen LogP contribution in [-0.2, 0) is 10.0 Å². The fourth-order valence-electron chi connectivity index (χ4n) is 3.70. The molecule has 3 aromatic heterocycles. The van der Waals surface area contributed by atoms with Gasteiger partial charge in [0.25, 0.3) is 10.0 Å². The molecule has 9 nitrogen and oxygen atoms in total. The molecule has 0 unspecified atom stereocenters. The zero-order valence-corrected chi connectivity index (χ0v) is 21.5. The van der Waals surface area contributed by atoms with Gasteiger partial charge in [0.1, 0.15) is 28.2 Å². The number of methoxy groups -OCH3 is 1. The van der Waals surface area contributed by atoms with Crippen LogP contribution >= 0.6 is 11.3 Å². The Balaban J connectivity index is 1.66. The summed E-state index contributed by atoms with van der Waals surface area (Å²) in [5.41, 5.74) is 7.22. The van der Waals surface area contributed by atoms with E-state index in [9.17, 15) is 21.6 Å². The smallest absolute Gasteiger partial charge is 0.267 e. The second kappa shape index (κ2) is 10.3. The molecule has 14 heteroatoms. The Kier molecular flexibility index (Phi) is 6.89. The van der Waals surface area contributed by atoms with Gasteiger partial charge in [-0.25, -0.2) is 36.5 Å². The number of anilines is 2. The van der Waals surface area contributed by atoms with Crippen molar-refractivity contribution in [1.82, 2.24) is 19.9 Å². The van der Waals surface area contributed by atoms with E-state index < -0.39 is 32.4 Å². The van der Waals surface area contributed by atoms with E-state index in [1.54, 1.807) is 12.1 Å². The van der Waals surface area contributed by atoms with Crippen LogP contribution in [0.15, 0.2) is 72.0 Å². The van der Waals surface area contributed by atoms with E-state index in [-0.39, 0.29) is 17.4 Å². The molecule has 0 radical (unpaired) electrons. The van der Waals surface area contributed by atoms with Gasteiger partial charge in [-0.15, -0.1) is 11.3 Å². The second-order valence-corrected chi connectivity index (χ2v) is 10.6. The van der Waals surface area contributed by atoms with Crippen molar-refractivity contribution in [3.05, 3.63) is 84.6 Å². The maximum Gasteiger partial charge on any atom is 0.267 e. The van der Waals surface area contributed by atoms with Gasteiger partial charge in [-0.2, -0.15) is 0 Å². The highest BCUT2D eigenvalue weighted by atomic mass is 32.2. The molecule has 0 atom stereocenters. The van der Waals surface area contributed by atoms with Crippen molar-refractivity contribution in [2.45, 2.75) is 4.90 Å². The van der Waals surface area contributed by atoms with Gasteiger partial charge in [0.15, 0.2) is 4.90 Å². The number of halogens is 3. The highest BCUT2D eigenvalue weighted by molar-refractivity contribution is 7.92. The molecule has 3 heterocycles. The lowest BCUT2D eigenvalue weighted by atomic mass is 10.1. The zero-order chi connectivity index (χ0) is 27.7. The van der Waals surface area contributed by atoms with Crippen molar-refractivity contribution in [1.29, 1.82) is 0 Å². The maximum absolute atomic E-state index is 14.3. The molecule has 2 aromatic carbocycles. The largest absolute Gasteiger partial charge is 0.497 e. The van der Waals surface area contributed by atoms with Crippen LogP contribution in [0.25, 0.3) is 32.4 Å². The molecule has 0 aliphatic rings. The molecule has 0 saturated carbocycles. The number of sulfonamides is 1. The first-order valence-electron chi connectivity index (χ1n) is 11.0. The molecule has 0 saturated heterocycles. The predicted octanol–water partition coefficient (Wildman–Crippen LogP) is 5.14. The molecule has 5 rings (SSSR count). The van der Waals surface area contributed by atoms with Gasteiger partial charge in [0.2, 0.25) is 5.95 Å². The standard InChI is InChI=1S/C25H17F3N6O3S2/c1-37-17-9-13(8-16(10-17)34-39(35,36)23-18(27)3-2-4-19(23)28)21-22(20-5-6-31-25(29)32-20)38-24(33-21)14-7-15(26)12-30-11-14/h2-12,34H,1H3,(H2,29,31,32). The molecule has 0 aliphatic carbocycles. The highest BCUT2D eigenvalue weighted by Gasteiger charge is 2.25. The fraction of sp³-hybridized carbons (Fsp3) is 0.0400. The number of hydrogen-bond acceptors (Lipinski definition) is 9. The summed E-state index contributed by atoms with van der Waals surface area (Å²) in [6.07, 6.45) is 3.96. The highest BCUT2D eigenvalue weighted by Crippen LogP contribution is 2.42. The Labute approximate surface area is 224 Å². The summed E-state index contributed by atoms with van der Waals surface area (Å²) < 4.78 is 75.8. The van der Waals surface area contributed by atoms with Crippen LogP contribution in [0.1, 0.15) is 0 Å². The van der Waals surface area contributed by atoms with Gasteiger partial charge in [0.05, 0.1) is 35.3 Å². The number of benzene rings is 2. The molecule has 0 amide bonds. The number of ether oxygens (including phenoxy) is 1. The SMILES string of the molecule is COc1cc(NS(=O)(=O)c2c(F)cccc2F)cc(-c2nc(-c3cncc(F)c3)sc2-c2ccnc(N)n2)c1. The molecule has 0 bridgehead atoms. The lowest BCUT2D eigenvalue weighted by Crippen LogP contribution is -2.16. The van der Waals surface area contributed by atoms with Crippen LogP contribution in [0, 0.1) is 17.5 Å². The quantitative estimate of drug-likeness (QED) is 0.275. The van der Waals surface area contributed by atoms with Crippen molar-refractivity contribution in [3.8, 4) is 38.1 Å².